The van der Waals surface area contributed by atoms with E-state index in [-0.39, 0.29) is 6.61 Å². The molecule has 0 aromatic rings. The van der Waals surface area contributed by atoms with Gasteiger partial charge in [0.05, 0.1) is 11.4 Å². The Bertz CT molecular complexity index is 427. The molecule has 5 atom stereocenters. The van der Waals surface area contributed by atoms with Gasteiger partial charge in [0, 0.05) is 18.8 Å². The molecular formula is C10H14ClN3O6. The van der Waals surface area contributed by atoms with Crippen molar-refractivity contribution in [3.63, 3.8) is 0 Å². The maximum atomic E-state index is 11.1. The van der Waals surface area contributed by atoms with Gasteiger partial charge in [-0.1, -0.05) is 5.11 Å². The van der Waals surface area contributed by atoms with Gasteiger partial charge in [-0.2, -0.15) is 0 Å². The van der Waals surface area contributed by atoms with E-state index in [1.54, 1.807) is 0 Å². The van der Waals surface area contributed by atoms with Crippen molar-refractivity contribution in [2.45, 2.75) is 43.8 Å². The zero-order valence-electron chi connectivity index (χ0n) is 10.8. The zero-order chi connectivity index (χ0) is 15.3. The average Bonchev–Trinajstić information content (AvgIpc) is 2.35. The SMILES string of the molecule is CC(=O)OC[C@H]1OC(O)C(Cl)C(N=[N+]=[N-])[C@@H]1OC(C)=O. The molecule has 0 spiro atoms. The summed E-state index contributed by atoms with van der Waals surface area (Å²) >= 11 is 5.88. The number of carbonyl (C=O) groups is 2. The topological polar surface area (TPSA) is 131 Å². The normalized spacial score (nSPS) is 32.9. The van der Waals surface area contributed by atoms with E-state index in [0.29, 0.717) is 0 Å². The second-order valence-corrected chi connectivity index (χ2v) is 4.59. The van der Waals surface area contributed by atoms with Crippen molar-refractivity contribution in [1.82, 2.24) is 0 Å². The molecule has 1 saturated heterocycles. The quantitative estimate of drug-likeness (QED) is 0.264. The van der Waals surface area contributed by atoms with Crippen LogP contribution < -0.4 is 0 Å². The largest absolute Gasteiger partial charge is 0.463 e. The molecule has 0 saturated carbocycles. The monoisotopic (exact) mass is 307 g/mol. The van der Waals surface area contributed by atoms with Crippen LogP contribution in [0.2, 0.25) is 0 Å². The molecule has 0 radical (unpaired) electrons. The minimum Gasteiger partial charge on any atom is -0.463 e. The maximum absolute atomic E-state index is 11.1. The minimum atomic E-state index is -1.44. The first-order chi connectivity index (χ1) is 9.36. The molecule has 112 valence electrons. The smallest absolute Gasteiger partial charge is 0.303 e. The maximum Gasteiger partial charge on any atom is 0.303 e. The lowest BCUT2D eigenvalue weighted by Crippen LogP contribution is -2.57. The van der Waals surface area contributed by atoms with Gasteiger partial charge in [-0.25, -0.2) is 0 Å². The van der Waals surface area contributed by atoms with E-state index in [1.807, 2.05) is 0 Å². The van der Waals surface area contributed by atoms with Gasteiger partial charge in [0.1, 0.15) is 18.8 Å². The standard InChI is InChI=1S/C10H14ClN3O6/c1-4(15)18-3-6-9(19-5(2)16)8(13-14-12)7(11)10(17)20-6/h6-10,17H,3H2,1-2H3/t6-,7?,8?,9-,10?/m1/s1. The van der Waals surface area contributed by atoms with Crippen LogP contribution in [0, 0.1) is 0 Å². The Morgan fingerprint density at radius 3 is 2.60 bits per heavy atom. The summed E-state index contributed by atoms with van der Waals surface area (Å²) in [6.45, 7) is 2.07. The lowest BCUT2D eigenvalue weighted by Gasteiger charge is -2.40. The Kier molecular flexibility index (Phi) is 6.03. The van der Waals surface area contributed by atoms with Crippen molar-refractivity contribution >= 4 is 23.5 Å². The van der Waals surface area contributed by atoms with Gasteiger partial charge in [-0.3, -0.25) is 9.59 Å². The average molecular weight is 308 g/mol. The van der Waals surface area contributed by atoms with E-state index in [4.69, 9.17) is 31.3 Å². The Labute approximate surface area is 119 Å². The van der Waals surface area contributed by atoms with Crippen LogP contribution in [-0.2, 0) is 23.8 Å². The number of esters is 2. The van der Waals surface area contributed by atoms with Crippen LogP contribution in [0.1, 0.15) is 13.8 Å². The van der Waals surface area contributed by atoms with Crippen molar-refractivity contribution in [2.75, 3.05) is 6.61 Å². The summed E-state index contributed by atoms with van der Waals surface area (Å²) in [7, 11) is 0. The number of carbonyl (C=O) groups excluding carboxylic acids is 2. The molecule has 1 N–H and O–H groups in total. The first-order valence-corrected chi connectivity index (χ1v) is 6.12. The minimum absolute atomic E-state index is 0.272. The number of halogens is 1. The predicted octanol–water partition coefficient (Wildman–Crippen LogP) is 0.485. The van der Waals surface area contributed by atoms with Crippen LogP contribution >= 0.6 is 11.6 Å². The Balaban J connectivity index is 2.95. The number of rotatable bonds is 4. The molecular weight excluding hydrogens is 294 g/mol. The Hall–Kier alpha value is -1.54. The lowest BCUT2D eigenvalue weighted by molar-refractivity contribution is -0.223. The van der Waals surface area contributed by atoms with Crippen LogP contribution in [0.4, 0.5) is 0 Å². The third kappa shape index (κ3) is 4.24. The van der Waals surface area contributed by atoms with Crippen LogP contribution in [0.15, 0.2) is 5.11 Å². The lowest BCUT2D eigenvalue weighted by atomic mass is 9.99. The van der Waals surface area contributed by atoms with Crippen molar-refractivity contribution in [3.05, 3.63) is 10.4 Å². The third-order valence-corrected chi connectivity index (χ3v) is 3.03. The number of ether oxygens (including phenoxy) is 3. The number of hydrogen-bond donors (Lipinski definition) is 1. The van der Waals surface area contributed by atoms with Crippen LogP contribution in [0.3, 0.4) is 0 Å². The van der Waals surface area contributed by atoms with Crippen molar-refractivity contribution < 1.29 is 28.9 Å². The van der Waals surface area contributed by atoms with Gasteiger partial charge in [-0.15, -0.1) is 11.6 Å². The molecule has 0 aliphatic carbocycles. The highest BCUT2D eigenvalue weighted by Crippen LogP contribution is 2.29. The van der Waals surface area contributed by atoms with E-state index >= 15 is 0 Å². The number of aliphatic hydroxyl groups excluding tert-OH is 1. The molecule has 20 heavy (non-hydrogen) atoms. The number of azide groups is 1. The number of hydrogen-bond acceptors (Lipinski definition) is 7. The van der Waals surface area contributed by atoms with Crippen molar-refractivity contribution in [2.24, 2.45) is 5.11 Å². The molecule has 1 heterocycles. The van der Waals surface area contributed by atoms with Crippen LogP contribution in [-0.4, -0.2) is 53.6 Å². The van der Waals surface area contributed by atoms with Gasteiger partial charge in [-0.05, 0) is 5.53 Å². The fourth-order valence-electron chi connectivity index (χ4n) is 1.76. The fraction of sp³-hybridized carbons (Fsp3) is 0.800. The summed E-state index contributed by atoms with van der Waals surface area (Å²) in [5.41, 5.74) is 8.53. The highest BCUT2D eigenvalue weighted by Gasteiger charge is 2.46. The molecule has 0 aromatic heterocycles. The summed E-state index contributed by atoms with van der Waals surface area (Å²) in [5, 5.41) is 12.0. The van der Waals surface area contributed by atoms with Crippen LogP contribution in [0.5, 0.6) is 0 Å². The van der Waals surface area contributed by atoms with Crippen LogP contribution in [0.25, 0.3) is 10.4 Å². The third-order valence-electron chi connectivity index (χ3n) is 2.55. The van der Waals surface area contributed by atoms with Gasteiger partial charge in [0.25, 0.3) is 0 Å². The fourth-order valence-corrected chi connectivity index (χ4v) is 2.01. The number of aliphatic hydroxyl groups is 1. The van der Waals surface area contributed by atoms with Gasteiger partial charge in [0.2, 0.25) is 0 Å². The summed E-state index contributed by atoms with van der Waals surface area (Å²) < 4.78 is 14.9. The predicted molar refractivity (Wildman–Crippen MR) is 65.6 cm³/mol. The molecule has 9 nitrogen and oxygen atoms in total. The van der Waals surface area contributed by atoms with E-state index in [9.17, 15) is 14.7 Å². The Morgan fingerprint density at radius 2 is 2.10 bits per heavy atom. The second kappa shape index (κ2) is 7.30. The van der Waals surface area contributed by atoms with Crippen molar-refractivity contribution in [1.29, 1.82) is 0 Å². The first-order valence-electron chi connectivity index (χ1n) is 5.69. The number of nitrogens with zero attached hydrogens (tertiary/aromatic N) is 3. The first kappa shape index (κ1) is 16.5. The molecule has 0 amide bonds. The molecule has 1 aliphatic rings. The number of alkyl halides is 1. The molecule has 0 aromatic carbocycles. The highest BCUT2D eigenvalue weighted by atomic mass is 35.5. The summed E-state index contributed by atoms with van der Waals surface area (Å²) in [6.07, 6.45) is -3.49. The van der Waals surface area contributed by atoms with Gasteiger partial charge < -0.3 is 19.3 Å². The molecule has 0 bridgehead atoms. The van der Waals surface area contributed by atoms with E-state index in [2.05, 4.69) is 10.0 Å². The molecule has 10 heteroatoms. The molecule has 1 rings (SSSR count). The molecule has 1 aliphatic heterocycles. The highest BCUT2D eigenvalue weighted by molar-refractivity contribution is 6.21. The Morgan fingerprint density at radius 1 is 1.45 bits per heavy atom. The van der Waals surface area contributed by atoms with Gasteiger partial charge >= 0.3 is 11.9 Å². The van der Waals surface area contributed by atoms with Crippen molar-refractivity contribution in [3.8, 4) is 0 Å². The van der Waals surface area contributed by atoms with E-state index in [0.717, 1.165) is 6.92 Å². The zero-order valence-corrected chi connectivity index (χ0v) is 11.6. The molecule has 3 unspecified atom stereocenters. The van der Waals surface area contributed by atoms with Gasteiger partial charge in [0.15, 0.2) is 6.29 Å². The van der Waals surface area contributed by atoms with E-state index < -0.39 is 41.9 Å². The summed E-state index contributed by atoms with van der Waals surface area (Å²) in [6, 6.07) is -1.05. The summed E-state index contributed by atoms with van der Waals surface area (Å²) in [5.74, 6) is -1.22. The molecule has 1 fully saturated rings. The van der Waals surface area contributed by atoms with E-state index in [1.165, 1.54) is 6.92 Å². The second-order valence-electron chi connectivity index (χ2n) is 4.08. The summed E-state index contributed by atoms with van der Waals surface area (Å²) in [4.78, 5) is 24.5.